The second-order valence-electron chi connectivity index (χ2n) is 2.86. The molecule has 0 aromatic rings. The maximum atomic E-state index is 10.4. The maximum Gasteiger partial charge on any atom is 0.255 e. The molecule has 0 saturated carbocycles. The smallest absolute Gasteiger partial charge is 0.255 e. The number of nitrogens with two attached hydrogens (primary N) is 1. The molecule has 1 saturated heterocycles. The van der Waals surface area contributed by atoms with Crippen molar-refractivity contribution in [3.63, 3.8) is 0 Å². The van der Waals surface area contributed by atoms with Gasteiger partial charge in [0.15, 0.2) is 0 Å². The highest BCUT2D eigenvalue weighted by molar-refractivity contribution is 7.36. The van der Waals surface area contributed by atoms with Crippen molar-refractivity contribution < 1.29 is 13.8 Å². The van der Waals surface area contributed by atoms with Gasteiger partial charge in [-0.15, -0.1) is 0 Å². The third-order valence-corrected chi connectivity index (χ3v) is 2.09. The summed E-state index contributed by atoms with van der Waals surface area (Å²) >= 11 is 0. The van der Waals surface area contributed by atoms with Gasteiger partial charge in [-0.3, -0.25) is 10.1 Å². The molecule has 0 spiro atoms. The summed E-state index contributed by atoms with van der Waals surface area (Å²) in [5.41, 5.74) is 4.99. The zero-order valence-electron chi connectivity index (χ0n) is 7.08. The summed E-state index contributed by atoms with van der Waals surface area (Å²) in [6.45, 7) is 1.90. The second-order valence-corrected chi connectivity index (χ2v) is 3.78. The van der Waals surface area contributed by atoms with E-state index in [2.05, 4.69) is 5.32 Å². The van der Waals surface area contributed by atoms with Gasteiger partial charge < -0.3 is 14.6 Å². The van der Waals surface area contributed by atoms with E-state index in [-0.39, 0.29) is 12.1 Å². The van der Waals surface area contributed by atoms with Gasteiger partial charge in [0.25, 0.3) is 8.18 Å². The van der Waals surface area contributed by atoms with Crippen molar-refractivity contribution >= 4 is 16.0 Å². The minimum atomic E-state index is -2.31. The molecule has 1 rings (SSSR count). The van der Waals surface area contributed by atoms with Gasteiger partial charge >= 0.3 is 0 Å². The first kappa shape index (κ1) is 10.2. The molecule has 70 valence electrons. The topological polar surface area (TPSA) is 73.6 Å². The van der Waals surface area contributed by atoms with Gasteiger partial charge in [0.2, 0.25) is 0 Å². The Bertz CT molecular complexity index is 171. The Morgan fingerprint density at radius 1 is 1.75 bits per heavy atom. The maximum absolute atomic E-state index is 10.4. The van der Waals surface area contributed by atoms with Gasteiger partial charge in [0.05, 0.1) is 12.7 Å². The van der Waals surface area contributed by atoms with E-state index in [9.17, 15) is 4.57 Å². The lowest BCUT2D eigenvalue weighted by Crippen LogP contribution is -2.46. The van der Waals surface area contributed by atoms with E-state index in [0.717, 1.165) is 13.1 Å². The Kier molecular flexibility index (Phi) is 4.25. The summed E-state index contributed by atoms with van der Waals surface area (Å²) in [4.78, 5) is 0. The fourth-order valence-corrected chi connectivity index (χ4v) is 1.50. The van der Waals surface area contributed by atoms with Crippen LogP contribution in [-0.4, -0.2) is 39.6 Å². The van der Waals surface area contributed by atoms with E-state index in [1.165, 1.54) is 0 Å². The van der Waals surface area contributed by atoms with Crippen molar-refractivity contribution in [2.75, 3.05) is 19.7 Å². The molecule has 5 nitrogen and oxygen atoms in total. The third kappa shape index (κ3) is 3.69. The standard InChI is InChI=1S/C5H14BN2O3P/c6-5-2-8-1-4(11-5)3-10-12(7)9/h4-5,8,12H,1-3,6H2,(H2,7,9). The van der Waals surface area contributed by atoms with Gasteiger partial charge in [-0.2, -0.15) is 0 Å². The molecule has 3 unspecified atom stereocenters. The van der Waals surface area contributed by atoms with E-state index in [1.54, 1.807) is 0 Å². The fourth-order valence-electron chi connectivity index (χ4n) is 1.15. The number of nitrogens with one attached hydrogen (secondary N) is 1. The van der Waals surface area contributed by atoms with Crippen LogP contribution in [-0.2, 0) is 13.8 Å². The quantitative estimate of drug-likeness (QED) is 0.411. The predicted octanol–water partition coefficient (Wildman–Crippen LogP) is -1.70. The van der Waals surface area contributed by atoms with Crippen LogP contribution < -0.4 is 10.8 Å². The van der Waals surface area contributed by atoms with Crippen molar-refractivity contribution in [1.29, 1.82) is 0 Å². The summed E-state index contributed by atoms with van der Waals surface area (Å²) in [5.74, 6) is 0. The zero-order valence-corrected chi connectivity index (χ0v) is 8.08. The van der Waals surface area contributed by atoms with E-state index in [1.807, 2.05) is 7.85 Å². The van der Waals surface area contributed by atoms with Crippen LogP contribution in [0.1, 0.15) is 0 Å². The molecule has 1 aliphatic rings. The molecule has 3 atom stereocenters. The average molecular weight is 192 g/mol. The lowest BCUT2D eigenvalue weighted by Gasteiger charge is -2.28. The molecule has 1 aliphatic heterocycles. The largest absolute Gasteiger partial charge is 0.379 e. The van der Waals surface area contributed by atoms with Crippen molar-refractivity contribution in [2.45, 2.75) is 12.1 Å². The average Bonchev–Trinajstić information content (AvgIpc) is 2.01. The Morgan fingerprint density at radius 3 is 3.08 bits per heavy atom. The lowest BCUT2D eigenvalue weighted by atomic mass is 9.98. The van der Waals surface area contributed by atoms with Gasteiger partial charge in [-0.05, 0) is 0 Å². The van der Waals surface area contributed by atoms with Crippen molar-refractivity contribution in [2.24, 2.45) is 5.50 Å². The van der Waals surface area contributed by atoms with Gasteiger partial charge in [0, 0.05) is 19.1 Å². The summed E-state index contributed by atoms with van der Waals surface area (Å²) < 4.78 is 20.7. The van der Waals surface area contributed by atoms with Crippen LogP contribution in [0.3, 0.4) is 0 Å². The third-order valence-electron chi connectivity index (χ3n) is 1.64. The van der Waals surface area contributed by atoms with Crippen LogP contribution in [0.4, 0.5) is 0 Å². The summed E-state index contributed by atoms with van der Waals surface area (Å²) in [7, 11) is -0.332. The molecule has 0 aromatic carbocycles. The van der Waals surface area contributed by atoms with Crippen molar-refractivity contribution in [3.05, 3.63) is 0 Å². The number of morpholine rings is 1. The normalized spacial score (nSPS) is 33.1. The Balaban J connectivity index is 2.18. The molecule has 12 heavy (non-hydrogen) atoms. The molecular formula is C5H14BN2O3P. The first-order valence-electron chi connectivity index (χ1n) is 3.97. The minimum absolute atomic E-state index is 0.0220. The Hall–Kier alpha value is 0.135. The van der Waals surface area contributed by atoms with Crippen molar-refractivity contribution in [1.82, 2.24) is 5.32 Å². The SMILES string of the molecule is BC1CNCC(CO[PH](N)=O)O1. The molecule has 1 fully saturated rings. The highest BCUT2D eigenvalue weighted by Crippen LogP contribution is 2.12. The highest BCUT2D eigenvalue weighted by Gasteiger charge is 2.18. The number of hydrogen-bond donors (Lipinski definition) is 2. The first-order valence-corrected chi connectivity index (χ1v) is 5.36. The minimum Gasteiger partial charge on any atom is -0.379 e. The van der Waals surface area contributed by atoms with E-state index in [0.29, 0.717) is 6.61 Å². The van der Waals surface area contributed by atoms with Crippen LogP contribution in [0, 0.1) is 0 Å². The molecule has 0 aliphatic carbocycles. The molecule has 0 amide bonds. The van der Waals surface area contributed by atoms with E-state index in [4.69, 9.17) is 14.8 Å². The molecule has 1 heterocycles. The highest BCUT2D eigenvalue weighted by atomic mass is 31.1. The number of rotatable bonds is 3. The summed E-state index contributed by atoms with van der Waals surface area (Å²) in [6.07, 6.45) is -0.0220. The Morgan fingerprint density at radius 2 is 2.50 bits per heavy atom. The summed E-state index contributed by atoms with van der Waals surface area (Å²) in [6, 6.07) is 0.187. The lowest BCUT2D eigenvalue weighted by molar-refractivity contribution is -0.0186. The molecule has 0 bridgehead atoms. The molecule has 0 radical (unpaired) electrons. The van der Waals surface area contributed by atoms with Gasteiger partial charge in [-0.25, -0.2) is 0 Å². The first-order chi connectivity index (χ1) is 5.68. The fraction of sp³-hybridized carbons (Fsp3) is 1.00. The molecule has 0 aromatic heterocycles. The molecule has 7 heteroatoms. The van der Waals surface area contributed by atoms with Gasteiger partial charge in [-0.1, -0.05) is 0 Å². The predicted molar refractivity (Wildman–Crippen MR) is 49.2 cm³/mol. The molecular weight excluding hydrogens is 178 g/mol. The molecule has 3 N–H and O–H groups in total. The van der Waals surface area contributed by atoms with Crippen LogP contribution in [0.25, 0.3) is 0 Å². The van der Waals surface area contributed by atoms with Crippen LogP contribution in [0.15, 0.2) is 0 Å². The van der Waals surface area contributed by atoms with E-state index >= 15 is 0 Å². The van der Waals surface area contributed by atoms with Crippen molar-refractivity contribution in [3.8, 4) is 0 Å². The number of hydrogen-bond acceptors (Lipinski definition) is 4. The summed E-state index contributed by atoms with van der Waals surface area (Å²) in [5, 5.41) is 3.17. The second kappa shape index (κ2) is 4.99. The Labute approximate surface area is 73.3 Å². The van der Waals surface area contributed by atoms with E-state index < -0.39 is 8.18 Å². The zero-order chi connectivity index (χ0) is 8.97. The van der Waals surface area contributed by atoms with Crippen LogP contribution >= 0.6 is 8.18 Å². The van der Waals surface area contributed by atoms with Crippen LogP contribution in [0.2, 0.25) is 0 Å². The number of ether oxygens (including phenoxy) is 1. The monoisotopic (exact) mass is 192 g/mol. The van der Waals surface area contributed by atoms with Gasteiger partial charge in [0.1, 0.15) is 7.85 Å². The van der Waals surface area contributed by atoms with Crippen LogP contribution in [0.5, 0.6) is 0 Å².